The van der Waals surface area contributed by atoms with Crippen molar-refractivity contribution in [1.82, 2.24) is 9.97 Å². The third kappa shape index (κ3) is 4.03. The minimum atomic E-state index is -0.0631. The van der Waals surface area contributed by atoms with Gasteiger partial charge in [-0.3, -0.25) is 9.78 Å². The summed E-state index contributed by atoms with van der Waals surface area (Å²) in [4.78, 5) is 23.2. The number of benzene rings is 2. The fraction of sp³-hybridized carbons (Fsp3) is 0.261. The van der Waals surface area contributed by atoms with Crippen molar-refractivity contribution in [3.8, 4) is 23.0 Å². The smallest absolute Gasteiger partial charge is 0.209 e. The van der Waals surface area contributed by atoms with Crippen molar-refractivity contribution in [2.75, 3.05) is 31.2 Å². The lowest BCUT2D eigenvalue weighted by atomic mass is 10.0. The van der Waals surface area contributed by atoms with Gasteiger partial charge in [0.25, 0.3) is 0 Å². The first-order valence-corrected chi connectivity index (χ1v) is 9.37. The summed E-state index contributed by atoms with van der Waals surface area (Å²) >= 11 is 0. The second kappa shape index (κ2) is 8.20. The minimum absolute atomic E-state index is 0.0631. The van der Waals surface area contributed by atoms with Gasteiger partial charge in [0, 0.05) is 19.5 Å². The minimum Gasteiger partial charge on any atom is -0.378 e. The summed E-state index contributed by atoms with van der Waals surface area (Å²) in [5, 5.41) is 0. The molecule has 4 rings (SSSR count). The van der Waals surface area contributed by atoms with E-state index in [2.05, 4.69) is 27.8 Å². The first-order valence-electron chi connectivity index (χ1n) is 9.37. The zero-order chi connectivity index (χ0) is 19.3. The van der Waals surface area contributed by atoms with Gasteiger partial charge >= 0.3 is 0 Å². The lowest BCUT2D eigenvalue weighted by Crippen LogP contribution is -2.36. The van der Waals surface area contributed by atoms with Crippen molar-refractivity contribution in [2.24, 2.45) is 0 Å². The van der Waals surface area contributed by atoms with Crippen LogP contribution in [0.3, 0.4) is 0 Å². The van der Waals surface area contributed by atoms with Crippen molar-refractivity contribution < 1.29 is 9.53 Å². The summed E-state index contributed by atoms with van der Waals surface area (Å²) in [5.74, 6) is 6.05. The van der Waals surface area contributed by atoms with E-state index >= 15 is 0 Å². The quantitative estimate of drug-likeness (QED) is 0.520. The summed E-state index contributed by atoms with van der Waals surface area (Å²) in [5.41, 5.74) is 4.87. The van der Waals surface area contributed by atoms with Crippen LogP contribution in [-0.2, 0) is 16.0 Å². The van der Waals surface area contributed by atoms with E-state index in [4.69, 9.17) is 9.72 Å². The Bertz CT molecular complexity index is 1060. The number of fused-ring (bicyclic) bond motifs is 1. The molecule has 5 heteroatoms. The van der Waals surface area contributed by atoms with Crippen LogP contribution in [0.1, 0.15) is 12.5 Å². The molecule has 0 N–H and O–H groups in total. The molecule has 140 valence electrons. The average Bonchev–Trinajstić information content (AvgIpc) is 2.74. The number of aromatic nitrogens is 2. The van der Waals surface area contributed by atoms with Gasteiger partial charge in [-0.2, -0.15) is 0 Å². The number of ether oxygens (including phenoxy) is 1. The normalized spacial score (nSPS) is 13.8. The topological polar surface area (TPSA) is 55.3 Å². The predicted molar refractivity (Wildman–Crippen MR) is 110 cm³/mol. The largest absolute Gasteiger partial charge is 0.378 e. The van der Waals surface area contributed by atoms with Gasteiger partial charge in [0.15, 0.2) is 0 Å². The summed E-state index contributed by atoms with van der Waals surface area (Å²) in [6.07, 6.45) is 2.17. The molecule has 1 aliphatic heterocycles. The lowest BCUT2D eigenvalue weighted by Gasteiger charge is -2.27. The highest BCUT2D eigenvalue weighted by Crippen LogP contribution is 2.25. The second-order valence-corrected chi connectivity index (χ2v) is 6.70. The molecule has 2 aromatic carbocycles. The Morgan fingerprint density at radius 1 is 1.07 bits per heavy atom. The molecule has 1 fully saturated rings. The molecular formula is C23H21N3O2. The van der Waals surface area contributed by atoms with Crippen LogP contribution in [0.25, 0.3) is 22.2 Å². The molecule has 1 aromatic heterocycles. The first-order chi connectivity index (χ1) is 13.7. The lowest BCUT2D eigenvalue weighted by molar-refractivity contribution is -0.113. The predicted octanol–water partition coefficient (Wildman–Crippen LogP) is 3.27. The standard InChI is InChI=1S/C23H21N3O2/c1-2-3-20(27)14-17-4-6-18(7-5-17)19-8-9-21-22(15-19)25-23(16-24-21)26-10-12-28-13-11-26/h4-9,15-16H,10-14H2,1H3. The summed E-state index contributed by atoms with van der Waals surface area (Å²) in [7, 11) is 0. The van der Waals surface area contributed by atoms with Crippen molar-refractivity contribution in [3.05, 3.63) is 54.2 Å². The van der Waals surface area contributed by atoms with Crippen molar-refractivity contribution >= 4 is 22.6 Å². The number of ketones is 1. The van der Waals surface area contributed by atoms with Crippen molar-refractivity contribution in [3.63, 3.8) is 0 Å². The molecule has 1 aliphatic rings. The van der Waals surface area contributed by atoms with Crippen molar-refractivity contribution in [1.29, 1.82) is 0 Å². The van der Waals surface area contributed by atoms with E-state index in [1.54, 1.807) is 6.92 Å². The van der Waals surface area contributed by atoms with Crippen LogP contribution < -0.4 is 4.90 Å². The number of hydrogen-bond donors (Lipinski definition) is 0. The Balaban J connectivity index is 1.59. The van der Waals surface area contributed by atoms with Gasteiger partial charge in [0.2, 0.25) is 5.78 Å². The van der Waals surface area contributed by atoms with Crippen LogP contribution in [-0.4, -0.2) is 42.1 Å². The Morgan fingerprint density at radius 3 is 2.57 bits per heavy atom. The van der Waals surface area contributed by atoms with Gasteiger partial charge in [-0.05, 0) is 41.7 Å². The van der Waals surface area contributed by atoms with Gasteiger partial charge in [0.1, 0.15) is 5.82 Å². The number of carbonyl (C=O) groups excluding carboxylic acids is 1. The van der Waals surface area contributed by atoms with Crippen LogP contribution in [0, 0.1) is 11.8 Å². The van der Waals surface area contributed by atoms with Gasteiger partial charge < -0.3 is 9.64 Å². The van der Waals surface area contributed by atoms with Crippen LogP contribution in [0.5, 0.6) is 0 Å². The van der Waals surface area contributed by atoms with Gasteiger partial charge in [-0.15, -0.1) is 0 Å². The molecule has 3 aromatic rings. The Hall–Kier alpha value is -3.23. The van der Waals surface area contributed by atoms with Gasteiger partial charge in [0.05, 0.1) is 30.4 Å². The maximum atomic E-state index is 11.7. The zero-order valence-corrected chi connectivity index (χ0v) is 15.8. The molecular weight excluding hydrogens is 350 g/mol. The fourth-order valence-corrected chi connectivity index (χ4v) is 3.31. The second-order valence-electron chi connectivity index (χ2n) is 6.70. The van der Waals surface area contributed by atoms with Crippen LogP contribution in [0.4, 0.5) is 5.82 Å². The molecule has 2 heterocycles. The molecule has 0 saturated carbocycles. The highest BCUT2D eigenvalue weighted by atomic mass is 16.5. The van der Waals surface area contributed by atoms with E-state index in [1.165, 1.54) is 0 Å². The maximum absolute atomic E-state index is 11.7. The van der Waals surface area contributed by atoms with Crippen LogP contribution in [0.15, 0.2) is 48.7 Å². The zero-order valence-electron chi connectivity index (χ0n) is 15.8. The fourth-order valence-electron chi connectivity index (χ4n) is 3.31. The van der Waals surface area contributed by atoms with E-state index < -0.39 is 0 Å². The summed E-state index contributed by atoms with van der Waals surface area (Å²) < 4.78 is 5.41. The van der Waals surface area contributed by atoms with E-state index in [0.29, 0.717) is 6.42 Å². The number of hydrogen-bond acceptors (Lipinski definition) is 5. The number of anilines is 1. The maximum Gasteiger partial charge on any atom is 0.209 e. The van der Waals surface area contributed by atoms with Crippen molar-refractivity contribution in [2.45, 2.75) is 13.3 Å². The molecule has 0 radical (unpaired) electrons. The SMILES string of the molecule is CC#CC(=O)Cc1ccc(-c2ccc3ncc(N4CCOCC4)nc3c2)cc1. The number of morpholine rings is 1. The monoisotopic (exact) mass is 371 g/mol. The third-order valence-electron chi connectivity index (χ3n) is 4.78. The molecule has 0 unspecified atom stereocenters. The number of rotatable bonds is 4. The van der Waals surface area contributed by atoms with E-state index in [9.17, 15) is 4.79 Å². The van der Waals surface area contributed by atoms with Crippen LogP contribution in [0.2, 0.25) is 0 Å². The highest BCUT2D eigenvalue weighted by Gasteiger charge is 2.13. The van der Waals surface area contributed by atoms with Gasteiger partial charge in [-0.1, -0.05) is 36.3 Å². The average molecular weight is 371 g/mol. The Labute approximate surface area is 164 Å². The molecule has 0 amide bonds. The van der Waals surface area contributed by atoms with E-state index in [0.717, 1.165) is 59.8 Å². The molecule has 0 atom stereocenters. The molecule has 0 aliphatic carbocycles. The summed E-state index contributed by atoms with van der Waals surface area (Å²) in [6.45, 7) is 4.79. The van der Waals surface area contributed by atoms with E-state index in [1.807, 2.05) is 42.6 Å². The number of Topliss-reactive ketones (excluding diaryl/α,β-unsaturated/α-hetero) is 1. The molecule has 1 saturated heterocycles. The highest BCUT2D eigenvalue weighted by molar-refractivity contribution is 5.96. The number of nitrogens with zero attached hydrogens (tertiary/aromatic N) is 3. The molecule has 0 bridgehead atoms. The van der Waals surface area contributed by atoms with Crippen LogP contribution >= 0.6 is 0 Å². The molecule has 28 heavy (non-hydrogen) atoms. The van der Waals surface area contributed by atoms with E-state index in [-0.39, 0.29) is 5.78 Å². The molecule has 5 nitrogen and oxygen atoms in total. The summed E-state index contributed by atoms with van der Waals surface area (Å²) in [6, 6.07) is 14.1. The Kier molecular flexibility index (Phi) is 5.31. The first kappa shape index (κ1) is 18.1. The Morgan fingerprint density at radius 2 is 1.82 bits per heavy atom. The molecule has 0 spiro atoms. The number of carbonyl (C=O) groups is 1. The van der Waals surface area contributed by atoms with Gasteiger partial charge in [-0.25, -0.2) is 4.98 Å². The third-order valence-corrected chi connectivity index (χ3v) is 4.78.